The minimum atomic E-state index is -0.418. The van der Waals surface area contributed by atoms with Crippen molar-refractivity contribution in [1.29, 1.82) is 0 Å². The molecule has 0 radical (unpaired) electrons. The fraction of sp³-hybridized carbons (Fsp3) is 1.00. The van der Waals surface area contributed by atoms with Crippen molar-refractivity contribution < 1.29 is 14.9 Å². The maximum atomic E-state index is 9.86. The molecule has 2 N–H and O–H groups in total. The van der Waals surface area contributed by atoms with Crippen LogP contribution < -0.4 is 0 Å². The summed E-state index contributed by atoms with van der Waals surface area (Å²) < 4.78 is 5.55. The smallest absolute Gasteiger partial charge is 0.0892 e. The summed E-state index contributed by atoms with van der Waals surface area (Å²) >= 11 is 0. The molecule has 0 unspecified atom stereocenters. The largest absolute Gasteiger partial charge is 0.390 e. The SMILES string of the molecule is C[C@H]1[C@@H](O)[C@H](C)O[C@@H]1[C@H](O)C1CC1. The predicted molar refractivity (Wildman–Crippen MR) is 48.2 cm³/mol. The van der Waals surface area contributed by atoms with E-state index in [2.05, 4.69) is 0 Å². The van der Waals surface area contributed by atoms with Crippen LogP contribution in [0.3, 0.4) is 0 Å². The summed E-state index contributed by atoms with van der Waals surface area (Å²) in [5, 5.41) is 19.5. The topological polar surface area (TPSA) is 49.7 Å². The molecule has 2 rings (SSSR count). The average Bonchev–Trinajstić information content (AvgIpc) is 2.89. The van der Waals surface area contributed by atoms with Crippen molar-refractivity contribution in [3.05, 3.63) is 0 Å². The summed E-state index contributed by atoms with van der Waals surface area (Å²) in [6, 6.07) is 0. The van der Waals surface area contributed by atoms with Gasteiger partial charge < -0.3 is 14.9 Å². The maximum Gasteiger partial charge on any atom is 0.0892 e. The zero-order chi connectivity index (χ0) is 9.59. The maximum absolute atomic E-state index is 9.86. The van der Waals surface area contributed by atoms with Crippen LogP contribution in [-0.4, -0.2) is 34.6 Å². The van der Waals surface area contributed by atoms with E-state index in [1.165, 1.54) is 0 Å². The Balaban J connectivity index is 1.99. The fourth-order valence-electron chi connectivity index (χ4n) is 2.17. The Hall–Kier alpha value is -0.120. The van der Waals surface area contributed by atoms with Gasteiger partial charge in [0, 0.05) is 5.92 Å². The van der Waals surface area contributed by atoms with Crippen molar-refractivity contribution in [2.75, 3.05) is 0 Å². The van der Waals surface area contributed by atoms with Crippen LogP contribution >= 0.6 is 0 Å². The highest BCUT2D eigenvalue weighted by Gasteiger charge is 2.46. The molecule has 1 saturated carbocycles. The van der Waals surface area contributed by atoms with Crippen LogP contribution in [0.5, 0.6) is 0 Å². The summed E-state index contributed by atoms with van der Waals surface area (Å²) in [5.74, 6) is 0.482. The van der Waals surface area contributed by atoms with Gasteiger partial charge in [-0.15, -0.1) is 0 Å². The third-order valence-corrected chi connectivity index (χ3v) is 3.35. The van der Waals surface area contributed by atoms with Gasteiger partial charge >= 0.3 is 0 Å². The molecule has 0 aromatic rings. The van der Waals surface area contributed by atoms with Gasteiger partial charge in [0.15, 0.2) is 0 Å². The van der Waals surface area contributed by atoms with Crippen LogP contribution in [0.4, 0.5) is 0 Å². The molecule has 0 spiro atoms. The molecule has 1 aliphatic heterocycles. The van der Waals surface area contributed by atoms with E-state index in [1.807, 2.05) is 13.8 Å². The molecular formula is C10H18O3. The lowest BCUT2D eigenvalue weighted by Gasteiger charge is -2.21. The Bertz CT molecular complexity index is 187. The minimum absolute atomic E-state index is 0.0607. The van der Waals surface area contributed by atoms with Gasteiger partial charge in [0.1, 0.15) is 0 Å². The van der Waals surface area contributed by atoms with E-state index in [9.17, 15) is 10.2 Å². The van der Waals surface area contributed by atoms with Gasteiger partial charge in [-0.3, -0.25) is 0 Å². The Morgan fingerprint density at radius 3 is 2.31 bits per heavy atom. The summed E-state index contributed by atoms with van der Waals surface area (Å²) in [6.45, 7) is 3.81. The highest BCUT2D eigenvalue weighted by atomic mass is 16.5. The molecule has 2 aliphatic rings. The normalized spacial score (nSPS) is 48.0. The van der Waals surface area contributed by atoms with Gasteiger partial charge in [-0.05, 0) is 25.7 Å². The molecule has 1 saturated heterocycles. The highest BCUT2D eigenvalue weighted by molar-refractivity contribution is 4.95. The Kier molecular flexibility index (Phi) is 2.34. The molecule has 13 heavy (non-hydrogen) atoms. The van der Waals surface area contributed by atoms with E-state index in [1.54, 1.807) is 0 Å². The van der Waals surface area contributed by atoms with Gasteiger partial charge in [-0.2, -0.15) is 0 Å². The lowest BCUT2D eigenvalue weighted by atomic mass is 9.93. The molecule has 2 fully saturated rings. The molecule has 76 valence electrons. The molecule has 5 atom stereocenters. The van der Waals surface area contributed by atoms with Crippen molar-refractivity contribution in [2.24, 2.45) is 11.8 Å². The van der Waals surface area contributed by atoms with Crippen molar-refractivity contribution in [2.45, 2.75) is 51.1 Å². The highest BCUT2D eigenvalue weighted by Crippen LogP contribution is 2.39. The van der Waals surface area contributed by atoms with Crippen LogP contribution in [0.2, 0.25) is 0 Å². The molecular weight excluding hydrogens is 168 g/mol. The number of aliphatic hydroxyl groups is 2. The van der Waals surface area contributed by atoms with Crippen LogP contribution in [0.25, 0.3) is 0 Å². The molecule has 0 aromatic carbocycles. The zero-order valence-corrected chi connectivity index (χ0v) is 8.18. The van der Waals surface area contributed by atoms with E-state index in [-0.39, 0.29) is 24.2 Å². The second-order valence-electron chi connectivity index (χ2n) is 4.48. The first-order valence-electron chi connectivity index (χ1n) is 5.13. The summed E-state index contributed by atoms with van der Waals surface area (Å²) in [5.41, 5.74) is 0. The number of rotatable bonds is 2. The lowest BCUT2D eigenvalue weighted by molar-refractivity contribution is -0.0511. The summed E-state index contributed by atoms with van der Waals surface area (Å²) in [7, 11) is 0. The fourth-order valence-corrected chi connectivity index (χ4v) is 2.17. The summed E-state index contributed by atoms with van der Waals surface area (Å²) in [4.78, 5) is 0. The van der Waals surface area contributed by atoms with Crippen molar-refractivity contribution >= 4 is 0 Å². The summed E-state index contributed by atoms with van der Waals surface area (Å²) in [6.07, 6.45) is 1.15. The van der Waals surface area contributed by atoms with Gasteiger partial charge in [0.2, 0.25) is 0 Å². The minimum Gasteiger partial charge on any atom is -0.390 e. The third-order valence-electron chi connectivity index (χ3n) is 3.35. The van der Waals surface area contributed by atoms with E-state index < -0.39 is 6.10 Å². The van der Waals surface area contributed by atoms with Crippen molar-refractivity contribution in [3.63, 3.8) is 0 Å². The van der Waals surface area contributed by atoms with Gasteiger partial charge in [-0.25, -0.2) is 0 Å². The lowest BCUT2D eigenvalue weighted by Crippen LogP contribution is -2.33. The van der Waals surface area contributed by atoms with Crippen LogP contribution in [-0.2, 0) is 4.74 Å². The standard InChI is InChI=1S/C10H18O3/c1-5-8(11)6(2)13-10(5)9(12)7-3-4-7/h5-12H,3-4H2,1-2H3/t5-,6-,8+,9+,10-/m0/s1. The first-order valence-corrected chi connectivity index (χ1v) is 5.13. The first kappa shape index (κ1) is 9.44. The van der Waals surface area contributed by atoms with Crippen LogP contribution in [0.1, 0.15) is 26.7 Å². The number of hydrogen-bond acceptors (Lipinski definition) is 3. The van der Waals surface area contributed by atoms with Crippen molar-refractivity contribution in [1.82, 2.24) is 0 Å². The third kappa shape index (κ3) is 1.60. The van der Waals surface area contributed by atoms with Gasteiger partial charge in [0.05, 0.1) is 24.4 Å². The molecule has 3 heteroatoms. The second-order valence-corrected chi connectivity index (χ2v) is 4.48. The molecule has 0 bridgehead atoms. The van der Waals surface area contributed by atoms with Crippen LogP contribution in [0.15, 0.2) is 0 Å². The quantitative estimate of drug-likeness (QED) is 0.662. The number of hydrogen-bond donors (Lipinski definition) is 2. The van der Waals surface area contributed by atoms with E-state index >= 15 is 0 Å². The average molecular weight is 186 g/mol. The molecule has 0 aromatic heterocycles. The Labute approximate surface area is 78.7 Å². The Morgan fingerprint density at radius 1 is 1.31 bits per heavy atom. The second kappa shape index (κ2) is 3.23. The van der Waals surface area contributed by atoms with E-state index in [4.69, 9.17) is 4.74 Å². The molecule has 3 nitrogen and oxygen atoms in total. The monoisotopic (exact) mass is 186 g/mol. The van der Waals surface area contributed by atoms with Crippen molar-refractivity contribution in [3.8, 4) is 0 Å². The van der Waals surface area contributed by atoms with Crippen LogP contribution in [0, 0.1) is 11.8 Å². The Morgan fingerprint density at radius 2 is 1.92 bits per heavy atom. The molecule has 0 amide bonds. The molecule has 1 aliphatic carbocycles. The van der Waals surface area contributed by atoms with E-state index in [0.29, 0.717) is 5.92 Å². The first-order chi connectivity index (χ1) is 6.11. The van der Waals surface area contributed by atoms with Gasteiger partial charge in [-0.1, -0.05) is 6.92 Å². The molecule has 1 heterocycles. The van der Waals surface area contributed by atoms with Gasteiger partial charge in [0.25, 0.3) is 0 Å². The number of ether oxygens (including phenoxy) is 1. The van der Waals surface area contributed by atoms with E-state index in [0.717, 1.165) is 12.8 Å². The predicted octanol–water partition coefficient (Wildman–Crippen LogP) is 0.542. The zero-order valence-electron chi connectivity index (χ0n) is 8.18. The number of aliphatic hydroxyl groups excluding tert-OH is 2.